The fourth-order valence-corrected chi connectivity index (χ4v) is 4.82. The molecule has 0 bridgehead atoms. The standard InChI is InChI=1S/C18H19N5O2S/c1-12-10-16(21-14-7-9-26(24,25)11-14)23-18(20-12)22-15-6-2-4-13-5-3-8-19-17(13)15/h2-6,8,10,14H,7,9,11H2,1H3,(H2,20,21,22,23). The molecule has 1 aromatic carbocycles. The van der Waals surface area contributed by atoms with E-state index in [-0.39, 0.29) is 17.5 Å². The molecule has 1 unspecified atom stereocenters. The monoisotopic (exact) mass is 369 g/mol. The number of benzene rings is 1. The minimum absolute atomic E-state index is 0.110. The normalized spacial score (nSPS) is 18.7. The lowest BCUT2D eigenvalue weighted by molar-refractivity contribution is 0.602. The van der Waals surface area contributed by atoms with Crippen molar-refractivity contribution in [3.63, 3.8) is 0 Å². The third-order valence-corrected chi connectivity index (χ3v) is 6.09. The Morgan fingerprint density at radius 2 is 2.00 bits per heavy atom. The summed E-state index contributed by atoms with van der Waals surface area (Å²) in [5, 5.41) is 7.47. The van der Waals surface area contributed by atoms with Gasteiger partial charge in [-0.3, -0.25) is 4.98 Å². The maximum atomic E-state index is 11.6. The molecule has 0 amide bonds. The number of rotatable bonds is 4. The molecule has 1 fully saturated rings. The second kappa shape index (κ2) is 6.53. The third-order valence-electron chi connectivity index (χ3n) is 4.32. The number of hydrogen-bond acceptors (Lipinski definition) is 7. The van der Waals surface area contributed by atoms with E-state index in [1.54, 1.807) is 6.20 Å². The van der Waals surface area contributed by atoms with Crippen LogP contribution >= 0.6 is 0 Å². The minimum atomic E-state index is -2.94. The van der Waals surface area contributed by atoms with Crippen LogP contribution in [-0.4, -0.2) is 40.9 Å². The summed E-state index contributed by atoms with van der Waals surface area (Å²) in [5.74, 6) is 1.44. The highest BCUT2D eigenvalue weighted by molar-refractivity contribution is 7.91. The van der Waals surface area contributed by atoms with Crippen molar-refractivity contribution in [1.29, 1.82) is 0 Å². The smallest absolute Gasteiger partial charge is 0.229 e. The first-order valence-electron chi connectivity index (χ1n) is 8.42. The average molecular weight is 369 g/mol. The summed E-state index contributed by atoms with van der Waals surface area (Å²) in [6.45, 7) is 1.88. The number of sulfone groups is 1. The molecule has 1 aliphatic rings. The van der Waals surface area contributed by atoms with Crippen LogP contribution in [0.2, 0.25) is 0 Å². The summed E-state index contributed by atoms with van der Waals surface area (Å²) in [5.41, 5.74) is 2.46. The van der Waals surface area contributed by atoms with E-state index in [2.05, 4.69) is 25.6 Å². The molecule has 8 heteroatoms. The quantitative estimate of drug-likeness (QED) is 0.730. The van der Waals surface area contributed by atoms with Gasteiger partial charge in [0.25, 0.3) is 0 Å². The highest BCUT2D eigenvalue weighted by Crippen LogP contribution is 2.24. The van der Waals surface area contributed by atoms with Crippen molar-refractivity contribution in [1.82, 2.24) is 15.0 Å². The maximum absolute atomic E-state index is 11.6. The van der Waals surface area contributed by atoms with Crippen LogP contribution < -0.4 is 10.6 Å². The Kier molecular flexibility index (Phi) is 4.20. The van der Waals surface area contributed by atoms with E-state index in [0.717, 1.165) is 22.3 Å². The highest BCUT2D eigenvalue weighted by Gasteiger charge is 2.28. The van der Waals surface area contributed by atoms with Crippen molar-refractivity contribution >= 4 is 38.2 Å². The maximum Gasteiger partial charge on any atom is 0.229 e. The number of aromatic nitrogens is 3. The van der Waals surface area contributed by atoms with E-state index in [1.807, 2.05) is 43.3 Å². The molecule has 0 aliphatic carbocycles. The van der Waals surface area contributed by atoms with E-state index in [0.29, 0.717) is 18.2 Å². The first-order chi connectivity index (χ1) is 12.5. The number of para-hydroxylation sites is 1. The van der Waals surface area contributed by atoms with E-state index >= 15 is 0 Å². The Morgan fingerprint density at radius 1 is 1.15 bits per heavy atom. The van der Waals surface area contributed by atoms with Crippen LogP contribution in [0.3, 0.4) is 0 Å². The van der Waals surface area contributed by atoms with Crippen molar-refractivity contribution in [2.75, 3.05) is 22.1 Å². The second-order valence-electron chi connectivity index (χ2n) is 6.47. The lowest BCUT2D eigenvalue weighted by atomic mass is 10.2. The number of anilines is 3. The summed E-state index contributed by atoms with van der Waals surface area (Å²) in [7, 11) is -2.94. The van der Waals surface area contributed by atoms with Crippen molar-refractivity contribution in [3.8, 4) is 0 Å². The van der Waals surface area contributed by atoms with Gasteiger partial charge < -0.3 is 10.6 Å². The largest absolute Gasteiger partial charge is 0.366 e. The van der Waals surface area contributed by atoms with Crippen molar-refractivity contribution < 1.29 is 8.42 Å². The Labute approximate surface area is 151 Å². The van der Waals surface area contributed by atoms with Gasteiger partial charge in [0.1, 0.15) is 5.82 Å². The third kappa shape index (κ3) is 3.60. The molecule has 2 aromatic heterocycles. The molecule has 1 atom stereocenters. The Bertz CT molecular complexity index is 1060. The van der Waals surface area contributed by atoms with Crippen molar-refractivity contribution in [2.24, 2.45) is 0 Å². The predicted octanol–water partition coefficient (Wildman–Crippen LogP) is 2.68. The van der Waals surface area contributed by atoms with E-state index in [4.69, 9.17) is 0 Å². The number of aryl methyl sites for hydroxylation is 1. The summed E-state index contributed by atoms with van der Waals surface area (Å²) in [4.78, 5) is 13.3. The van der Waals surface area contributed by atoms with Gasteiger partial charge in [-0.1, -0.05) is 18.2 Å². The van der Waals surface area contributed by atoms with Crippen LogP contribution in [0.25, 0.3) is 10.9 Å². The molecule has 1 aliphatic heterocycles. The fourth-order valence-electron chi connectivity index (χ4n) is 3.14. The molecule has 0 saturated carbocycles. The predicted molar refractivity (Wildman–Crippen MR) is 102 cm³/mol. The van der Waals surface area contributed by atoms with Crippen LogP contribution in [0.15, 0.2) is 42.6 Å². The highest BCUT2D eigenvalue weighted by atomic mass is 32.2. The lowest BCUT2D eigenvalue weighted by Gasteiger charge is -2.14. The molecule has 134 valence electrons. The molecule has 3 aromatic rings. The Morgan fingerprint density at radius 3 is 2.81 bits per heavy atom. The van der Waals surface area contributed by atoms with Crippen LogP contribution in [-0.2, 0) is 9.84 Å². The molecule has 2 N–H and O–H groups in total. The number of nitrogens with zero attached hydrogens (tertiary/aromatic N) is 3. The SMILES string of the molecule is Cc1cc(NC2CCS(=O)(=O)C2)nc(Nc2cccc3cccnc23)n1. The fraction of sp³-hybridized carbons (Fsp3) is 0.278. The van der Waals surface area contributed by atoms with Gasteiger partial charge in [0.05, 0.1) is 22.7 Å². The topological polar surface area (TPSA) is 96.9 Å². The van der Waals surface area contributed by atoms with E-state index in [1.165, 1.54) is 0 Å². The van der Waals surface area contributed by atoms with Crippen molar-refractivity contribution in [2.45, 2.75) is 19.4 Å². The van der Waals surface area contributed by atoms with Gasteiger partial charge in [0.2, 0.25) is 5.95 Å². The number of hydrogen-bond donors (Lipinski definition) is 2. The van der Waals surface area contributed by atoms with Gasteiger partial charge in [0, 0.05) is 29.4 Å². The first-order valence-corrected chi connectivity index (χ1v) is 10.2. The second-order valence-corrected chi connectivity index (χ2v) is 8.70. The van der Waals surface area contributed by atoms with Crippen LogP contribution in [0.1, 0.15) is 12.1 Å². The molecule has 4 rings (SSSR count). The minimum Gasteiger partial charge on any atom is -0.366 e. The molecule has 3 heterocycles. The van der Waals surface area contributed by atoms with Gasteiger partial charge in [-0.05, 0) is 25.5 Å². The zero-order chi connectivity index (χ0) is 18.1. The van der Waals surface area contributed by atoms with Gasteiger partial charge in [-0.15, -0.1) is 0 Å². The van der Waals surface area contributed by atoms with Crippen LogP contribution in [0.5, 0.6) is 0 Å². The van der Waals surface area contributed by atoms with Gasteiger partial charge in [0.15, 0.2) is 9.84 Å². The zero-order valence-electron chi connectivity index (χ0n) is 14.3. The Balaban J connectivity index is 1.60. The molecule has 26 heavy (non-hydrogen) atoms. The summed E-state index contributed by atoms with van der Waals surface area (Å²) < 4.78 is 23.3. The first kappa shape index (κ1) is 16.7. The van der Waals surface area contributed by atoms with E-state index < -0.39 is 9.84 Å². The van der Waals surface area contributed by atoms with Gasteiger partial charge >= 0.3 is 0 Å². The molecule has 0 radical (unpaired) electrons. The van der Waals surface area contributed by atoms with Gasteiger partial charge in [-0.25, -0.2) is 13.4 Å². The van der Waals surface area contributed by atoms with E-state index in [9.17, 15) is 8.42 Å². The zero-order valence-corrected chi connectivity index (χ0v) is 15.1. The number of fused-ring (bicyclic) bond motifs is 1. The van der Waals surface area contributed by atoms with Crippen molar-refractivity contribution in [3.05, 3.63) is 48.3 Å². The number of pyridine rings is 1. The van der Waals surface area contributed by atoms with Crippen LogP contribution in [0.4, 0.5) is 17.5 Å². The molecular weight excluding hydrogens is 350 g/mol. The lowest BCUT2D eigenvalue weighted by Crippen LogP contribution is -2.21. The summed E-state index contributed by atoms with van der Waals surface area (Å²) >= 11 is 0. The molecule has 1 saturated heterocycles. The van der Waals surface area contributed by atoms with Crippen LogP contribution in [0, 0.1) is 6.92 Å². The summed E-state index contributed by atoms with van der Waals surface area (Å²) in [6.07, 6.45) is 2.35. The average Bonchev–Trinajstić information content (AvgIpc) is 2.93. The molecular formula is C18H19N5O2S. The number of nitrogens with one attached hydrogen (secondary N) is 2. The Hall–Kier alpha value is -2.74. The molecule has 7 nitrogen and oxygen atoms in total. The summed E-state index contributed by atoms with van der Waals surface area (Å²) in [6, 6.07) is 11.5. The molecule has 0 spiro atoms. The van der Waals surface area contributed by atoms with Gasteiger partial charge in [-0.2, -0.15) is 4.98 Å².